The van der Waals surface area contributed by atoms with Gasteiger partial charge in [-0.05, 0) is 42.4 Å². The van der Waals surface area contributed by atoms with E-state index in [1.54, 1.807) is 0 Å². The molecule has 1 rings (SSSR count). The third-order valence-electron chi connectivity index (χ3n) is 3.92. The minimum absolute atomic E-state index is 0.185. The normalized spacial score (nSPS) is 11.9. The molecule has 0 fully saturated rings. The van der Waals surface area contributed by atoms with E-state index < -0.39 is 8.32 Å². The van der Waals surface area contributed by atoms with Crippen LogP contribution in [0.15, 0.2) is 24.3 Å². The molecule has 0 heterocycles. The molecule has 4 nitrogen and oxygen atoms in total. The quantitative estimate of drug-likeness (QED) is 0.636. The van der Waals surface area contributed by atoms with Crippen molar-refractivity contribution in [1.82, 2.24) is 0 Å². The van der Waals surface area contributed by atoms with Crippen LogP contribution in [0.2, 0.25) is 18.1 Å². The Morgan fingerprint density at radius 3 is 2.24 bits per heavy atom. The van der Waals surface area contributed by atoms with E-state index in [4.69, 9.17) is 4.43 Å². The van der Waals surface area contributed by atoms with Crippen LogP contribution < -0.4 is 9.74 Å². The summed E-state index contributed by atoms with van der Waals surface area (Å²) in [6.07, 6.45) is 0.360. The van der Waals surface area contributed by atoms with Crippen LogP contribution >= 0.6 is 0 Å². The maximum Gasteiger partial charge on any atom is 0.307 e. The molecule has 5 heteroatoms. The molecule has 118 valence electrons. The van der Waals surface area contributed by atoms with Crippen molar-refractivity contribution in [3.8, 4) is 5.75 Å². The number of hydrogen-bond donors (Lipinski definition) is 1. The van der Waals surface area contributed by atoms with Crippen LogP contribution in [0.3, 0.4) is 0 Å². The molecule has 0 saturated carbocycles. The van der Waals surface area contributed by atoms with Gasteiger partial charge in [-0.3, -0.25) is 4.79 Å². The maximum atomic E-state index is 11.0. The molecule has 1 N–H and O–H groups in total. The molecule has 21 heavy (non-hydrogen) atoms. The molecule has 0 bridgehead atoms. The van der Waals surface area contributed by atoms with Crippen LogP contribution in [0.1, 0.15) is 27.2 Å². The minimum Gasteiger partial charge on any atom is -0.544 e. The van der Waals surface area contributed by atoms with Crippen molar-refractivity contribution in [1.29, 1.82) is 0 Å². The molecular formula is C16H27NO3Si. The fourth-order valence-corrected chi connectivity index (χ4v) is 2.53. The van der Waals surface area contributed by atoms with E-state index in [-0.39, 0.29) is 11.0 Å². The first kappa shape index (κ1) is 17.6. The lowest BCUT2D eigenvalue weighted by atomic mass is 10.2. The summed E-state index contributed by atoms with van der Waals surface area (Å²) in [6, 6.07) is 7.89. The highest BCUT2D eigenvalue weighted by atomic mass is 28.4. The first-order chi connectivity index (χ1) is 9.65. The minimum atomic E-state index is -1.79. The van der Waals surface area contributed by atoms with Gasteiger partial charge < -0.3 is 14.5 Å². The summed E-state index contributed by atoms with van der Waals surface area (Å²) < 4.78 is 10.8. The molecule has 0 spiro atoms. The summed E-state index contributed by atoms with van der Waals surface area (Å²) in [5.74, 6) is 0.695. The topological polar surface area (TPSA) is 47.6 Å². The van der Waals surface area contributed by atoms with E-state index in [2.05, 4.69) is 43.9 Å². The molecule has 0 aliphatic rings. The van der Waals surface area contributed by atoms with Crippen molar-refractivity contribution in [3.05, 3.63) is 24.3 Å². The van der Waals surface area contributed by atoms with Gasteiger partial charge in [0.2, 0.25) is 8.32 Å². The summed E-state index contributed by atoms with van der Waals surface area (Å²) in [5.41, 5.74) is 0.974. The summed E-state index contributed by atoms with van der Waals surface area (Å²) in [7, 11) is -0.392. The van der Waals surface area contributed by atoms with Crippen LogP contribution in [0.25, 0.3) is 0 Å². The lowest BCUT2D eigenvalue weighted by molar-refractivity contribution is -0.140. The number of anilines is 1. The number of methoxy groups -OCH3 is 1. The summed E-state index contributed by atoms with van der Waals surface area (Å²) in [5, 5.41) is 3.37. The second-order valence-electron chi connectivity index (χ2n) is 6.64. The predicted molar refractivity (Wildman–Crippen MR) is 89.4 cm³/mol. The zero-order valence-corrected chi connectivity index (χ0v) is 14.9. The Hall–Kier alpha value is -1.49. The zero-order valence-electron chi connectivity index (χ0n) is 13.9. The molecular weight excluding hydrogens is 282 g/mol. The molecule has 0 aliphatic heterocycles. The Labute approximate surface area is 129 Å². The van der Waals surface area contributed by atoms with Gasteiger partial charge in [-0.15, -0.1) is 0 Å². The molecule has 0 saturated heterocycles. The van der Waals surface area contributed by atoms with Gasteiger partial charge in [-0.2, -0.15) is 0 Å². The van der Waals surface area contributed by atoms with Crippen molar-refractivity contribution >= 4 is 20.0 Å². The summed E-state index contributed by atoms with van der Waals surface area (Å²) in [6.45, 7) is 11.7. The van der Waals surface area contributed by atoms with Crippen LogP contribution in [0, 0.1) is 0 Å². The fourth-order valence-electron chi connectivity index (χ4n) is 1.50. The lowest BCUT2D eigenvalue weighted by Crippen LogP contribution is -2.43. The average Bonchev–Trinajstić information content (AvgIpc) is 2.39. The maximum absolute atomic E-state index is 11.0. The number of ether oxygens (including phenoxy) is 1. The number of rotatable bonds is 6. The molecule has 0 aliphatic carbocycles. The van der Waals surface area contributed by atoms with E-state index in [0.717, 1.165) is 11.4 Å². The van der Waals surface area contributed by atoms with Crippen molar-refractivity contribution in [2.24, 2.45) is 0 Å². The number of nitrogens with one attached hydrogen (secondary N) is 1. The Kier molecular flexibility index (Phi) is 5.84. The Morgan fingerprint density at radius 2 is 1.76 bits per heavy atom. The van der Waals surface area contributed by atoms with Crippen molar-refractivity contribution in [3.63, 3.8) is 0 Å². The lowest BCUT2D eigenvalue weighted by Gasteiger charge is -2.36. The number of carbonyl (C=O) groups is 1. The second-order valence-corrected chi connectivity index (χ2v) is 11.4. The third kappa shape index (κ3) is 5.42. The Balaban J connectivity index is 2.56. The SMILES string of the molecule is COC(=O)CCNc1ccc(O[Si](C)(C)C(C)(C)C)cc1. The van der Waals surface area contributed by atoms with Crippen LogP contribution in [-0.4, -0.2) is 27.9 Å². The standard InChI is InChI=1S/C16H27NO3Si/c1-16(2,3)21(5,6)20-14-9-7-13(8-10-14)17-12-11-15(18)19-4/h7-10,17H,11-12H2,1-6H3. The molecule has 0 unspecified atom stereocenters. The highest BCUT2D eigenvalue weighted by Crippen LogP contribution is 2.37. The molecule has 1 aromatic rings. The van der Waals surface area contributed by atoms with Gasteiger partial charge in [-0.25, -0.2) is 0 Å². The van der Waals surface area contributed by atoms with Gasteiger partial charge in [0.15, 0.2) is 0 Å². The highest BCUT2D eigenvalue weighted by molar-refractivity contribution is 6.74. The van der Waals surface area contributed by atoms with Crippen LogP contribution in [0.5, 0.6) is 5.75 Å². The average molecular weight is 309 g/mol. The zero-order chi connectivity index (χ0) is 16.1. The third-order valence-corrected chi connectivity index (χ3v) is 8.28. The van der Waals surface area contributed by atoms with Gasteiger partial charge in [0, 0.05) is 12.2 Å². The molecule has 0 aromatic heterocycles. The van der Waals surface area contributed by atoms with E-state index in [1.807, 2.05) is 24.3 Å². The number of esters is 1. The van der Waals surface area contributed by atoms with E-state index in [9.17, 15) is 4.79 Å². The Bertz CT molecular complexity index is 463. The van der Waals surface area contributed by atoms with Crippen molar-refractivity contribution < 1.29 is 14.0 Å². The van der Waals surface area contributed by atoms with Crippen LogP contribution in [-0.2, 0) is 9.53 Å². The highest BCUT2D eigenvalue weighted by Gasteiger charge is 2.38. The largest absolute Gasteiger partial charge is 0.544 e. The fraction of sp³-hybridized carbons (Fsp3) is 0.562. The van der Waals surface area contributed by atoms with Gasteiger partial charge in [0.1, 0.15) is 5.75 Å². The summed E-state index contributed by atoms with van der Waals surface area (Å²) >= 11 is 0. The van der Waals surface area contributed by atoms with Crippen molar-refractivity contribution in [2.75, 3.05) is 19.0 Å². The predicted octanol–water partition coefficient (Wildman–Crippen LogP) is 4.05. The molecule has 0 radical (unpaired) electrons. The molecule has 0 amide bonds. The van der Waals surface area contributed by atoms with Crippen molar-refractivity contribution in [2.45, 2.75) is 45.3 Å². The molecule has 0 atom stereocenters. The first-order valence-electron chi connectivity index (χ1n) is 7.25. The Morgan fingerprint density at radius 1 is 1.19 bits per heavy atom. The first-order valence-corrected chi connectivity index (χ1v) is 10.2. The summed E-state index contributed by atoms with van der Waals surface area (Å²) in [4.78, 5) is 11.0. The van der Waals surface area contributed by atoms with Gasteiger partial charge in [0.25, 0.3) is 0 Å². The monoisotopic (exact) mass is 309 g/mol. The second kappa shape index (κ2) is 6.98. The van der Waals surface area contributed by atoms with Gasteiger partial charge in [0.05, 0.1) is 13.5 Å². The van der Waals surface area contributed by atoms with E-state index >= 15 is 0 Å². The van der Waals surface area contributed by atoms with E-state index in [0.29, 0.717) is 13.0 Å². The molecule has 1 aromatic carbocycles. The van der Waals surface area contributed by atoms with E-state index in [1.165, 1.54) is 7.11 Å². The smallest absolute Gasteiger partial charge is 0.307 e. The number of hydrogen-bond acceptors (Lipinski definition) is 4. The van der Waals surface area contributed by atoms with Crippen LogP contribution in [0.4, 0.5) is 5.69 Å². The number of benzene rings is 1. The number of carbonyl (C=O) groups excluding carboxylic acids is 1. The van der Waals surface area contributed by atoms with Gasteiger partial charge >= 0.3 is 5.97 Å². The van der Waals surface area contributed by atoms with Gasteiger partial charge in [-0.1, -0.05) is 20.8 Å².